The van der Waals surface area contributed by atoms with Crippen LogP contribution >= 0.6 is 0 Å². The maximum Gasteiger partial charge on any atom is 0.262 e. The molecule has 1 aliphatic rings. The normalized spacial score (nSPS) is 13.8. The van der Waals surface area contributed by atoms with Crippen LogP contribution in [0.15, 0.2) is 47.6 Å². The lowest BCUT2D eigenvalue weighted by atomic mass is 10.2. The fourth-order valence-electron chi connectivity index (χ4n) is 3.00. The largest absolute Gasteiger partial charge is 0.495 e. The van der Waals surface area contributed by atoms with Gasteiger partial charge in [0.15, 0.2) is 0 Å². The molecule has 1 aliphatic carbocycles. The van der Waals surface area contributed by atoms with Gasteiger partial charge in [-0.3, -0.25) is 14.5 Å². The van der Waals surface area contributed by atoms with Crippen LogP contribution in [0.1, 0.15) is 36.5 Å². The summed E-state index contributed by atoms with van der Waals surface area (Å²) in [7, 11) is -2.49. The van der Waals surface area contributed by atoms with Crippen LogP contribution in [0.4, 0.5) is 5.69 Å². The van der Waals surface area contributed by atoms with E-state index < -0.39 is 10.0 Å². The van der Waals surface area contributed by atoms with E-state index in [9.17, 15) is 13.2 Å². The molecule has 1 N–H and O–H groups in total. The van der Waals surface area contributed by atoms with Crippen molar-refractivity contribution in [2.45, 2.75) is 31.1 Å². The number of sulfonamides is 1. The number of anilines is 1. The van der Waals surface area contributed by atoms with Gasteiger partial charge in [-0.05, 0) is 37.3 Å². The van der Waals surface area contributed by atoms with Gasteiger partial charge in [0.05, 0.1) is 30.8 Å². The first-order valence-corrected chi connectivity index (χ1v) is 10.8. The zero-order valence-corrected chi connectivity index (χ0v) is 16.9. The molecule has 0 spiro atoms. The number of methoxy groups -OCH3 is 1. The molecule has 0 atom stereocenters. The molecule has 150 valence electrons. The predicted molar refractivity (Wildman–Crippen MR) is 107 cm³/mol. The predicted octanol–water partition coefficient (Wildman–Crippen LogP) is 3.15. The van der Waals surface area contributed by atoms with Crippen LogP contribution in [0, 0.1) is 5.92 Å². The number of rotatable bonds is 9. The number of hydrogen-bond acceptors (Lipinski definition) is 5. The molecule has 0 saturated heterocycles. The summed E-state index contributed by atoms with van der Waals surface area (Å²) in [5.41, 5.74) is 0.449. The molecule has 7 nitrogen and oxygen atoms in total. The van der Waals surface area contributed by atoms with Crippen LogP contribution in [-0.4, -0.2) is 44.4 Å². The first-order chi connectivity index (χ1) is 13.4. The molecule has 1 amide bonds. The molecule has 0 unspecified atom stereocenters. The average Bonchev–Trinajstić information content (AvgIpc) is 3.51. The van der Waals surface area contributed by atoms with E-state index in [2.05, 4.69) is 9.71 Å². The maximum atomic E-state index is 13.1. The Labute approximate surface area is 165 Å². The molecule has 3 rings (SSSR count). The monoisotopic (exact) mass is 403 g/mol. The Bertz CT molecular complexity index is 942. The molecule has 1 aromatic carbocycles. The Morgan fingerprint density at radius 3 is 2.71 bits per heavy atom. The van der Waals surface area contributed by atoms with Gasteiger partial charge in [-0.2, -0.15) is 0 Å². The molecule has 0 aliphatic heterocycles. The van der Waals surface area contributed by atoms with Crippen molar-refractivity contribution in [2.24, 2.45) is 5.92 Å². The zero-order chi connectivity index (χ0) is 20.1. The van der Waals surface area contributed by atoms with Crippen molar-refractivity contribution >= 4 is 21.6 Å². The first kappa shape index (κ1) is 20.1. The summed E-state index contributed by atoms with van der Waals surface area (Å²) in [5, 5.41) is 0. The number of amides is 1. The smallest absolute Gasteiger partial charge is 0.262 e. The molecule has 0 radical (unpaired) electrons. The summed E-state index contributed by atoms with van der Waals surface area (Å²) < 4.78 is 33.5. The Hall–Kier alpha value is -2.61. The van der Waals surface area contributed by atoms with Gasteiger partial charge in [0, 0.05) is 19.2 Å². The molecule has 28 heavy (non-hydrogen) atoms. The summed E-state index contributed by atoms with van der Waals surface area (Å²) >= 11 is 0. The third kappa shape index (κ3) is 4.81. The van der Waals surface area contributed by atoms with Crippen molar-refractivity contribution in [3.05, 3.63) is 48.3 Å². The van der Waals surface area contributed by atoms with Gasteiger partial charge in [0.1, 0.15) is 10.6 Å². The van der Waals surface area contributed by atoms with E-state index in [4.69, 9.17) is 4.74 Å². The SMILES string of the molecule is CCCN(CC1CC1)C(=O)c1ccccc1S(=O)(=O)Nc1cncc(OC)c1. The summed E-state index contributed by atoms with van der Waals surface area (Å²) in [4.78, 5) is 18.8. The number of carbonyl (C=O) groups excluding carboxylic acids is 1. The van der Waals surface area contributed by atoms with Crippen molar-refractivity contribution in [3.63, 3.8) is 0 Å². The Morgan fingerprint density at radius 2 is 2.04 bits per heavy atom. The second-order valence-electron chi connectivity index (χ2n) is 6.91. The van der Waals surface area contributed by atoms with Gasteiger partial charge in [0.25, 0.3) is 15.9 Å². The van der Waals surface area contributed by atoms with Crippen LogP contribution in [0.25, 0.3) is 0 Å². The zero-order valence-electron chi connectivity index (χ0n) is 16.1. The third-order valence-electron chi connectivity index (χ3n) is 4.56. The number of nitrogens with zero attached hydrogens (tertiary/aromatic N) is 2. The van der Waals surface area contributed by atoms with Crippen molar-refractivity contribution in [3.8, 4) is 5.75 Å². The number of pyridine rings is 1. The molecule has 2 aromatic rings. The summed E-state index contributed by atoms with van der Waals surface area (Å²) in [6.45, 7) is 3.29. The lowest BCUT2D eigenvalue weighted by Crippen LogP contribution is -2.34. The van der Waals surface area contributed by atoms with E-state index >= 15 is 0 Å². The molecule has 1 saturated carbocycles. The van der Waals surface area contributed by atoms with Gasteiger partial charge in [-0.15, -0.1) is 0 Å². The summed E-state index contributed by atoms with van der Waals surface area (Å²) in [6, 6.07) is 7.84. The standard InChI is InChI=1S/C20H25N3O4S/c1-3-10-23(14-15-8-9-15)20(24)18-6-4-5-7-19(18)28(25,26)22-16-11-17(27-2)13-21-12-16/h4-7,11-13,15,22H,3,8-10,14H2,1-2H3. The van der Waals surface area contributed by atoms with Crippen LogP contribution in [0.5, 0.6) is 5.75 Å². The van der Waals surface area contributed by atoms with Crippen LogP contribution < -0.4 is 9.46 Å². The van der Waals surface area contributed by atoms with Crippen molar-refractivity contribution in [1.82, 2.24) is 9.88 Å². The highest BCUT2D eigenvalue weighted by Gasteiger charge is 2.30. The number of nitrogens with one attached hydrogen (secondary N) is 1. The molecule has 1 fully saturated rings. The number of ether oxygens (including phenoxy) is 1. The van der Waals surface area contributed by atoms with E-state index in [-0.39, 0.29) is 22.1 Å². The second kappa shape index (κ2) is 8.60. The first-order valence-electron chi connectivity index (χ1n) is 9.34. The van der Waals surface area contributed by atoms with Crippen molar-refractivity contribution in [2.75, 3.05) is 24.9 Å². The molecule has 8 heteroatoms. The summed E-state index contributed by atoms with van der Waals surface area (Å²) in [5.74, 6) is 0.710. The third-order valence-corrected chi connectivity index (χ3v) is 6.00. The van der Waals surface area contributed by atoms with Crippen LogP contribution in [0.2, 0.25) is 0 Å². The molecule has 0 bridgehead atoms. The van der Waals surface area contributed by atoms with E-state index in [1.54, 1.807) is 23.1 Å². The summed E-state index contributed by atoms with van der Waals surface area (Å²) in [6.07, 6.45) is 5.94. The van der Waals surface area contributed by atoms with Gasteiger partial charge in [-0.1, -0.05) is 19.1 Å². The van der Waals surface area contributed by atoms with Gasteiger partial charge < -0.3 is 9.64 Å². The molecule has 1 aromatic heterocycles. The Balaban J connectivity index is 1.90. The van der Waals surface area contributed by atoms with Gasteiger partial charge in [0.2, 0.25) is 0 Å². The van der Waals surface area contributed by atoms with E-state index in [0.29, 0.717) is 24.8 Å². The highest BCUT2D eigenvalue weighted by atomic mass is 32.2. The topological polar surface area (TPSA) is 88.6 Å². The Morgan fingerprint density at radius 1 is 1.29 bits per heavy atom. The van der Waals surface area contributed by atoms with E-state index in [1.807, 2.05) is 6.92 Å². The van der Waals surface area contributed by atoms with Crippen molar-refractivity contribution in [1.29, 1.82) is 0 Å². The number of hydrogen-bond donors (Lipinski definition) is 1. The average molecular weight is 404 g/mol. The van der Waals surface area contributed by atoms with E-state index in [1.165, 1.54) is 31.6 Å². The van der Waals surface area contributed by atoms with Crippen LogP contribution in [0.3, 0.4) is 0 Å². The minimum Gasteiger partial charge on any atom is -0.495 e. The molecular weight excluding hydrogens is 378 g/mol. The lowest BCUT2D eigenvalue weighted by molar-refractivity contribution is 0.0744. The maximum absolute atomic E-state index is 13.1. The number of aromatic nitrogens is 1. The fourth-order valence-corrected chi connectivity index (χ4v) is 4.24. The lowest BCUT2D eigenvalue weighted by Gasteiger charge is -2.23. The Kier molecular flexibility index (Phi) is 6.18. The number of carbonyl (C=O) groups is 1. The van der Waals surface area contributed by atoms with Crippen LogP contribution in [-0.2, 0) is 10.0 Å². The van der Waals surface area contributed by atoms with Crippen molar-refractivity contribution < 1.29 is 17.9 Å². The number of benzene rings is 1. The molecular formula is C20H25N3O4S. The molecule has 1 heterocycles. The minimum atomic E-state index is -3.97. The second-order valence-corrected chi connectivity index (χ2v) is 8.56. The van der Waals surface area contributed by atoms with Gasteiger partial charge in [-0.25, -0.2) is 8.42 Å². The fraction of sp³-hybridized carbons (Fsp3) is 0.400. The highest BCUT2D eigenvalue weighted by Crippen LogP contribution is 2.31. The minimum absolute atomic E-state index is 0.0419. The van der Waals surface area contributed by atoms with Gasteiger partial charge >= 0.3 is 0 Å². The van der Waals surface area contributed by atoms with E-state index in [0.717, 1.165) is 19.3 Å². The highest BCUT2D eigenvalue weighted by molar-refractivity contribution is 7.92. The quantitative estimate of drug-likeness (QED) is 0.695.